The summed E-state index contributed by atoms with van der Waals surface area (Å²) in [4.78, 5) is 21.6. The maximum atomic E-state index is 11.3. The van der Waals surface area contributed by atoms with Crippen molar-refractivity contribution >= 4 is 26.2 Å². The van der Waals surface area contributed by atoms with Crippen molar-refractivity contribution in [3.05, 3.63) is 34.9 Å². The van der Waals surface area contributed by atoms with Gasteiger partial charge in [-0.05, 0) is 42.2 Å². The smallest absolute Gasteiger partial charge is 0.188 e. The Bertz CT molecular complexity index is 424. The van der Waals surface area contributed by atoms with Crippen LogP contribution in [0.1, 0.15) is 31.7 Å². The molecule has 1 aromatic carbocycles. The highest BCUT2D eigenvalue weighted by Crippen LogP contribution is 2.43. The minimum Gasteiger partial charge on any atom is -0.432 e. The van der Waals surface area contributed by atoms with Crippen LogP contribution < -0.4 is 0 Å². The lowest BCUT2D eigenvalue weighted by molar-refractivity contribution is -0.109. The van der Waals surface area contributed by atoms with Crippen molar-refractivity contribution < 1.29 is 9.59 Å². The molecule has 1 atom stereocenters. The highest BCUT2D eigenvalue weighted by atomic mass is 35.5. The van der Waals surface area contributed by atoms with Crippen LogP contribution in [-0.4, -0.2) is 19.4 Å². The Labute approximate surface area is 115 Å². The molecule has 1 rings (SSSR count). The quantitative estimate of drug-likeness (QED) is 0.656. The molecular weight excluding hydrogens is 264 g/mol. The summed E-state index contributed by atoms with van der Waals surface area (Å²) in [6.07, 6.45) is 1.60. The fraction of sp³-hybridized carbons (Fsp3) is 0.500. The Morgan fingerprint density at radius 3 is 2.50 bits per heavy atom. The van der Waals surface area contributed by atoms with Gasteiger partial charge in [0.15, 0.2) is 8.32 Å². The van der Waals surface area contributed by atoms with Crippen molar-refractivity contribution in [2.45, 2.75) is 44.3 Å². The van der Waals surface area contributed by atoms with E-state index in [1.807, 2.05) is 45.1 Å². The molecule has 18 heavy (non-hydrogen) atoms. The lowest BCUT2D eigenvalue weighted by Crippen LogP contribution is -2.40. The van der Waals surface area contributed by atoms with Crippen molar-refractivity contribution in [3.63, 3.8) is 0 Å². The monoisotopic (exact) mass is 284 g/mol. The fourth-order valence-electron chi connectivity index (χ4n) is 1.78. The molecule has 0 aliphatic heterocycles. The van der Waals surface area contributed by atoms with Gasteiger partial charge in [0.05, 0.1) is 0 Å². The van der Waals surface area contributed by atoms with Gasteiger partial charge in [0.2, 0.25) is 0 Å². The second-order valence-corrected chi connectivity index (χ2v) is 10.9. The fourth-order valence-corrected chi connectivity index (χ4v) is 2.70. The van der Waals surface area contributed by atoms with Gasteiger partial charge in [-0.25, -0.2) is 0 Å². The molecule has 4 heteroatoms. The van der Waals surface area contributed by atoms with Crippen molar-refractivity contribution in [2.24, 2.45) is 0 Å². The SMILES string of the molecule is CC(C)(C[C@@H](C=O)c1cccc(Cl)c1)[Si](C)(C)O. The second kappa shape index (κ2) is 5.55. The van der Waals surface area contributed by atoms with E-state index in [1.54, 1.807) is 6.07 Å². The minimum absolute atomic E-state index is 0.211. The summed E-state index contributed by atoms with van der Waals surface area (Å²) in [7, 11) is -2.30. The van der Waals surface area contributed by atoms with Crippen LogP contribution in [0.3, 0.4) is 0 Å². The maximum Gasteiger partial charge on any atom is 0.188 e. The average Bonchev–Trinajstić information content (AvgIpc) is 2.24. The van der Waals surface area contributed by atoms with Crippen LogP contribution in [0.15, 0.2) is 24.3 Å². The third kappa shape index (κ3) is 3.67. The van der Waals surface area contributed by atoms with E-state index >= 15 is 0 Å². The zero-order chi connectivity index (χ0) is 14.0. The van der Waals surface area contributed by atoms with Gasteiger partial charge in [-0.3, -0.25) is 0 Å². The van der Waals surface area contributed by atoms with Gasteiger partial charge in [0.1, 0.15) is 6.29 Å². The predicted octanol–water partition coefficient (Wildman–Crippen LogP) is 3.99. The summed E-state index contributed by atoms with van der Waals surface area (Å²) in [6, 6.07) is 7.38. The lowest BCUT2D eigenvalue weighted by atomic mass is 9.91. The molecule has 0 bridgehead atoms. The summed E-state index contributed by atoms with van der Waals surface area (Å²) in [5, 5.41) is 0.415. The Morgan fingerprint density at radius 1 is 1.44 bits per heavy atom. The van der Waals surface area contributed by atoms with Crippen LogP contribution in [0.5, 0.6) is 0 Å². The number of carbonyl (C=O) groups excluding carboxylic acids is 1. The molecule has 0 aliphatic carbocycles. The van der Waals surface area contributed by atoms with Gasteiger partial charge in [-0.2, -0.15) is 0 Å². The molecule has 0 aliphatic rings. The highest BCUT2D eigenvalue weighted by Gasteiger charge is 2.39. The molecule has 0 unspecified atom stereocenters. The zero-order valence-electron chi connectivity index (χ0n) is 11.4. The summed E-state index contributed by atoms with van der Waals surface area (Å²) >= 11 is 5.95. The largest absolute Gasteiger partial charge is 0.432 e. The molecule has 0 saturated heterocycles. The first kappa shape index (κ1) is 15.4. The van der Waals surface area contributed by atoms with E-state index in [0.29, 0.717) is 11.4 Å². The summed E-state index contributed by atoms with van der Waals surface area (Å²) in [6.45, 7) is 7.88. The molecule has 0 aromatic heterocycles. The normalized spacial score (nSPS) is 14.3. The topological polar surface area (TPSA) is 37.3 Å². The molecule has 0 radical (unpaired) electrons. The van der Waals surface area contributed by atoms with E-state index in [0.717, 1.165) is 11.8 Å². The van der Waals surface area contributed by atoms with Crippen LogP contribution in [0.4, 0.5) is 0 Å². The Kier molecular flexibility index (Phi) is 4.76. The van der Waals surface area contributed by atoms with E-state index in [-0.39, 0.29) is 11.0 Å². The van der Waals surface area contributed by atoms with Gasteiger partial charge >= 0.3 is 0 Å². The van der Waals surface area contributed by atoms with Gasteiger partial charge in [0.25, 0.3) is 0 Å². The Morgan fingerprint density at radius 2 is 2.06 bits per heavy atom. The third-order valence-corrected chi connectivity index (χ3v) is 7.58. The first-order valence-corrected chi connectivity index (χ1v) is 9.43. The first-order valence-electron chi connectivity index (χ1n) is 6.10. The number of rotatable bonds is 5. The first-order chi connectivity index (χ1) is 8.17. The van der Waals surface area contributed by atoms with Gasteiger partial charge in [-0.1, -0.05) is 37.6 Å². The van der Waals surface area contributed by atoms with Crippen LogP contribution in [0.2, 0.25) is 23.2 Å². The maximum absolute atomic E-state index is 11.3. The van der Waals surface area contributed by atoms with E-state index in [1.165, 1.54) is 0 Å². The minimum atomic E-state index is -2.30. The molecule has 2 nitrogen and oxygen atoms in total. The number of carbonyl (C=O) groups is 1. The Balaban J connectivity index is 2.96. The van der Waals surface area contributed by atoms with Crippen molar-refractivity contribution in [3.8, 4) is 0 Å². The van der Waals surface area contributed by atoms with Crippen LogP contribution in [-0.2, 0) is 4.79 Å². The van der Waals surface area contributed by atoms with Gasteiger partial charge in [-0.15, -0.1) is 0 Å². The van der Waals surface area contributed by atoms with Crippen molar-refractivity contribution in [2.75, 3.05) is 0 Å². The van der Waals surface area contributed by atoms with Gasteiger partial charge in [0, 0.05) is 10.9 Å². The number of aldehydes is 1. The molecule has 0 heterocycles. The highest BCUT2D eigenvalue weighted by molar-refractivity contribution is 6.72. The average molecular weight is 285 g/mol. The van der Waals surface area contributed by atoms with E-state index in [2.05, 4.69) is 0 Å². The summed E-state index contributed by atoms with van der Waals surface area (Å²) < 4.78 is 0. The molecule has 0 spiro atoms. The van der Waals surface area contributed by atoms with Crippen LogP contribution >= 0.6 is 11.6 Å². The van der Waals surface area contributed by atoms with Crippen LogP contribution in [0, 0.1) is 0 Å². The molecule has 100 valence electrons. The lowest BCUT2D eigenvalue weighted by Gasteiger charge is -2.36. The second-order valence-electron chi connectivity index (χ2n) is 5.94. The molecular formula is C14H21ClO2Si. The van der Waals surface area contributed by atoms with E-state index in [4.69, 9.17) is 11.6 Å². The third-order valence-electron chi connectivity index (χ3n) is 3.83. The van der Waals surface area contributed by atoms with Crippen molar-refractivity contribution in [1.29, 1.82) is 0 Å². The van der Waals surface area contributed by atoms with E-state index < -0.39 is 8.32 Å². The molecule has 1 N–H and O–H groups in total. The Hall–Kier alpha value is -0.643. The molecule has 0 amide bonds. The predicted molar refractivity (Wildman–Crippen MR) is 78.6 cm³/mol. The number of hydrogen-bond acceptors (Lipinski definition) is 2. The summed E-state index contributed by atoms with van der Waals surface area (Å²) in [5.41, 5.74) is 0.920. The zero-order valence-corrected chi connectivity index (χ0v) is 13.2. The number of benzene rings is 1. The van der Waals surface area contributed by atoms with E-state index in [9.17, 15) is 9.59 Å². The van der Waals surface area contributed by atoms with Gasteiger partial charge < -0.3 is 9.59 Å². The standard InChI is InChI=1S/C14H21ClO2Si/c1-14(2,18(3,4)17)9-12(10-16)11-6-5-7-13(15)8-11/h5-8,10,12,17H,9H2,1-4H3/t12-/m0/s1. The number of hydrogen-bond donors (Lipinski definition) is 1. The molecule has 1 aromatic rings. The molecule has 0 fully saturated rings. The number of halogens is 1. The molecule has 0 saturated carbocycles. The summed E-state index contributed by atoms with van der Waals surface area (Å²) in [5.74, 6) is -0.211. The van der Waals surface area contributed by atoms with Crippen LogP contribution in [0.25, 0.3) is 0 Å². The van der Waals surface area contributed by atoms with Crippen molar-refractivity contribution in [1.82, 2.24) is 0 Å².